The van der Waals surface area contributed by atoms with Gasteiger partial charge in [0.05, 0.1) is 5.56 Å². The third-order valence-corrected chi connectivity index (χ3v) is 6.02. The predicted octanol–water partition coefficient (Wildman–Crippen LogP) is 8.44. The zero-order valence-corrected chi connectivity index (χ0v) is 19.7. The van der Waals surface area contributed by atoms with Gasteiger partial charge in [-0.25, -0.2) is 4.79 Å². The molecule has 0 aromatic heterocycles. The molecule has 0 fully saturated rings. The third kappa shape index (κ3) is 5.11. The average molecular weight is 468 g/mol. The number of para-hydroxylation sites is 1. The van der Waals surface area contributed by atoms with Crippen molar-refractivity contribution in [3.05, 3.63) is 162 Å². The number of carboxylic acids is 1. The smallest absolute Gasteiger partial charge is 0.335 e. The number of carboxylic acid groups (broad SMARTS) is 1. The van der Waals surface area contributed by atoms with E-state index in [-0.39, 0.29) is 5.56 Å². The van der Waals surface area contributed by atoms with Crippen LogP contribution in [0.15, 0.2) is 140 Å². The second kappa shape index (κ2) is 10.6. The summed E-state index contributed by atoms with van der Waals surface area (Å²) in [5.74, 6) is -0.934. The zero-order chi connectivity index (χ0) is 24.7. The second-order valence-corrected chi connectivity index (χ2v) is 8.40. The second-order valence-electron chi connectivity index (χ2n) is 8.40. The summed E-state index contributed by atoms with van der Waals surface area (Å²) in [4.78, 5) is 13.5. The van der Waals surface area contributed by atoms with Crippen molar-refractivity contribution < 1.29 is 9.90 Å². The first-order valence-electron chi connectivity index (χ1n) is 11.8. The minimum atomic E-state index is -0.934. The minimum absolute atomic E-state index is 0.265. The van der Waals surface area contributed by atoms with Crippen LogP contribution < -0.4 is 4.90 Å². The molecule has 36 heavy (non-hydrogen) atoms. The van der Waals surface area contributed by atoms with E-state index in [0.717, 1.165) is 39.3 Å². The molecule has 0 aliphatic rings. The van der Waals surface area contributed by atoms with Crippen molar-refractivity contribution >= 4 is 34.7 Å². The summed E-state index contributed by atoms with van der Waals surface area (Å²) in [6.07, 6.45) is 2.21. The molecule has 5 aromatic carbocycles. The van der Waals surface area contributed by atoms with E-state index >= 15 is 0 Å². The molecule has 0 bridgehead atoms. The van der Waals surface area contributed by atoms with Gasteiger partial charge in [-0.05, 0) is 76.9 Å². The van der Waals surface area contributed by atoms with Gasteiger partial charge in [0.1, 0.15) is 0 Å². The summed E-state index contributed by atoms with van der Waals surface area (Å²) in [7, 11) is 0. The van der Waals surface area contributed by atoms with Crippen LogP contribution in [0, 0.1) is 0 Å². The maximum Gasteiger partial charge on any atom is 0.335 e. The van der Waals surface area contributed by atoms with Crippen molar-refractivity contribution in [2.45, 2.75) is 0 Å². The van der Waals surface area contributed by atoms with Gasteiger partial charge in [0, 0.05) is 17.1 Å². The molecule has 0 atom stereocenters. The maximum absolute atomic E-state index is 11.3. The van der Waals surface area contributed by atoms with E-state index in [1.54, 1.807) is 12.1 Å². The highest BCUT2D eigenvalue weighted by molar-refractivity contribution is 5.92. The summed E-state index contributed by atoms with van der Waals surface area (Å²) >= 11 is 0. The number of benzene rings is 5. The van der Waals surface area contributed by atoms with Gasteiger partial charge in [-0.2, -0.15) is 0 Å². The average Bonchev–Trinajstić information content (AvgIpc) is 2.94. The highest BCUT2D eigenvalue weighted by Gasteiger charge is 2.13. The molecule has 0 amide bonds. The largest absolute Gasteiger partial charge is 0.478 e. The Labute approximate surface area is 211 Å². The molecule has 1 N–H and O–H groups in total. The molecular weight excluding hydrogens is 442 g/mol. The Kier molecular flexibility index (Phi) is 6.72. The van der Waals surface area contributed by atoms with E-state index in [9.17, 15) is 9.90 Å². The molecule has 0 heterocycles. The van der Waals surface area contributed by atoms with Crippen molar-refractivity contribution in [3.63, 3.8) is 0 Å². The summed E-state index contributed by atoms with van der Waals surface area (Å²) in [5.41, 5.74) is 7.73. The summed E-state index contributed by atoms with van der Waals surface area (Å²) in [5, 5.41) is 9.30. The van der Waals surface area contributed by atoms with Crippen LogP contribution in [0.3, 0.4) is 0 Å². The Bertz CT molecular complexity index is 1420. The Morgan fingerprint density at radius 3 is 1.39 bits per heavy atom. The van der Waals surface area contributed by atoms with Crippen molar-refractivity contribution in [1.82, 2.24) is 0 Å². The lowest BCUT2D eigenvalue weighted by atomic mass is 9.95. The van der Waals surface area contributed by atoms with Gasteiger partial charge < -0.3 is 10.0 Å². The van der Waals surface area contributed by atoms with Crippen LogP contribution in [0.25, 0.3) is 11.6 Å². The molecule has 0 saturated carbocycles. The molecule has 5 aromatic rings. The molecule has 5 rings (SSSR count). The van der Waals surface area contributed by atoms with Gasteiger partial charge in [0.25, 0.3) is 0 Å². The quantitative estimate of drug-likeness (QED) is 0.244. The lowest BCUT2D eigenvalue weighted by Crippen LogP contribution is -2.10. The maximum atomic E-state index is 11.3. The van der Waals surface area contributed by atoms with Gasteiger partial charge in [-0.15, -0.1) is 0 Å². The van der Waals surface area contributed by atoms with Gasteiger partial charge >= 0.3 is 5.97 Å². The van der Waals surface area contributed by atoms with Gasteiger partial charge in [0.2, 0.25) is 0 Å². The van der Waals surface area contributed by atoms with Crippen molar-refractivity contribution in [1.29, 1.82) is 0 Å². The zero-order valence-electron chi connectivity index (χ0n) is 19.7. The molecule has 0 unspecified atom stereocenters. The predicted molar refractivity (Wildman–Crippen MR) is 148 cm³/mol. The Morgan fingerprint density at radius 1 is 0.500 bits per heavy atom. The first-order chi connectivity index (χ1) is 17.7. The molecule has 174 valence electrons. The van der Waals surface area contributed by atoms with E-state index in [1.165, 1.54) is 0 Å². The first kappa shape index (κ1) is 22.9. The normalized spacial score (nSPS) is 10.4. The molecule has 0 radical (unpaired) electrons. The van der Waals surface area contributed by atoms with Crippen LogP contribution in [0.1, 0.15) is 27.0 Å². The number of aromatic carboxylic acids is 1. The molecule has 0 spiro atoms. The Morgan fingerprint density at radius 2 is 0.917 bits per heavy atom. The third-order valence-electron chi connectivity index (χ3n) is 6.02. The van der Waals surface area contributed by atoms with E-state index in [0.29, 0.717) is 0 Å². The number of hydrogen-bond acceptors (Lipinski definition) is 2. The van der Waals surface area contributed by atoms with Crippen molar-refractivity contribution in [3.8, 4) is 0 Å². The topological polar surface area (TPSA) is 40.5 Å². The van der Waals surface area contributed by atoms with Crippen LogP contribution in [0.2, 0.25) is 0 Å². The van der Waals surface area contributed by atoms with Crippen LogP contribution in [0.4, 0.5) is 17.1 Å². The van der Waals surface area contributed by atoms with Gasteiger partial charge in [-0.3, -0.25) is 0 Å². The molecule has 0 aliphatic heterocycles. The van der Waals surface area contributed by atoms with Crippen LogP contribution >= 0.6 is 0 Å². The van der Waals surface area contributed by atoms with Crippen molar-refractivity contribution in [2.24, 2.45) is 0 Å². The molecule has 0 saturated heterocycles. The van der Waals surface area contributed by atoms with E-state index in [2.05, 4.69) is 83.8 Å². The molecule has 3 nitrogen and oxygen atoms in total. The first-order valence-corrected chi connectivity index (χ1v) is 11.8. The van der Waals surface area contributed by atoms with Crippen LogP contribution in [0.5, 0.6) is 0 Å². The Hall–Kier alpha value is -4.89. The van der Waals surface area contributed by atoms with Crippen LogP contribution in [-0.4, -0.2) is 11.1 Å². The fourth-order valence-corrected chi connectivity index (χ4v) is 4.23. The summed E-state index contributed by atoms with van der Waals surface area (Å²) in [6.45, 7) is 0. The van der Waals surface area contributed by atoms with Gasteiger partial charge in [0.15, 0.2) is 0 Å². The minimum Gasteiger partial charge on any atom is -0.478 e. The number of anilines is 3. The lowest BCUT2D eigenvalue weighted by molar-refractivity contribution is 0.0697. The van der Waals surface area contributed by atoms with Crippen LogP contribution in [-0.2, 0) is 0 Å². The van der Waals surface area contributed by atoms with Crippen molar-refractivity contribution in [2.75, 3.05) is 4.90 Å². The molecular formula is C33H25NO2. The fourth-order valence-electron chi connectivity index (χ4n) is 4.23. The monoisotopic (exact) mass is 467 g/mol. The van der Waals surface area contributed by atoms with Gasteiger partial charge in [-0.1, -0.05) is 91.0 Å². The standard InChI is InChI=1S/C33H25NO2/c35-33(36)28-18-22-31(23-19-28)34(29-14-8-3-9-15-29)30-20-16-25(17-21-30)24-32(26-10-4-1-5-11-26)27-12-6-2-7-13-27/h1-24H,(H,35,36). The van der Waals surface area contributed by atoms with E-state index < -0.39 is 5.97 Å². The lowest BCUT2D eigenvalue weighted by Gasteiger charge is -2.25. The Balaban J connectivity index is 1.54. The molecule has 3 heteroatoms. The SMILES string of the molecule is O=C(O)c1ccc(N(c2ccccc2)c2ccc(C=C(c3ccccc3)c3ccccc3)cc2)cc1. The number of rotatable bonds is 7. The number of carbonyl (C=O) groups is 1. The van der Waals surface area contributed by atoms with E-state index in [4.69, 9.17) is 0 Å². The number of nitrogens with zero attached hydrogens (tertiary/aromatic N) is 1. The van der Waals surface area contributed by atoms with E-state index in [1.807, 2.05) is 54.6 Å². The highest BCUT2D eigenvalue weighted by atomic mass is 16.4. The number of hydrogen-bond donors (Lipinski definition) is 1. The highest BCUT2D eigenvalue weighted by Crippen LogP contribution is 2.35. The molecule has 0 aliphatic carbocycles. The summed E-state index contributed by atoms with van der Waals surface area (Å²) < 4.78 is 0. The fraction of sp³-hybridized carbons (Fsp3) is 0. The summed E-state index contributed by atoms with van der Waals surface area (Å²) in [6, 6.07) is 46.2.